The van der Waals surface area contributed by atoms with E-state index < -0.39 is 12.2 Å². The Morgan fingerprint density at radius 1 is 0.891 bits per heavy atom. The second kappa shape index (κ2) is 13.7. The number of amides is 4. The van der Waals surface area contributed by atoms with Gasteiger partial charge in [-0.2, -0.15) is 5.10 Å². The van der Waals surface area contributed by atoms with E-state index in [1.165, 1.54) is 0 Å². The molecule has 5 heterocycles. The van der Waals surface area contributed by atoms with Gasteiger partial charge in [0.05, 0.1) is 11.7 Å². The minimum Gasteiger partial charge on any atom is -0.436 e. The molecule has 3 N–H and O–H groups in total. The normalized spacial score (nSPS) is 21.0. The van der Waals surface area contributed by atoms with Gasteiger partial charge in [0.2, 0.25) is 0 Å². The van der Waals surface area contributed by atoms with Crippen LogP contribution in [0.15, 0.2) is 48.7 Å². The first-order valence-corrected chi connectivity index (χ1v) is 16.8. The van der Waals surface area contributed by atoms with E-state index in [0.717, 1.165) is 73.2 Å². The lowest BCUT2D eigenvalue weighted by atomic mass is 10.00. The highest BCUT2D eigenvalue weighted by molar-refractivity contribution is 5.91. The fraction of sp³-hybridized carbons (Fsp3) is 0.529. The fourth-order valence-electron chi connectivity index (χ4n) is 7.51. The number of aromatic amines is 1. The van der Waals surface area contributed by atoms with Gasteiger partial charge >= 0.3 is 12.1 Å². The Balaban J connectivity index is 0.986. The molecule has 0 aliphatic carbocycles. The van der Waals surface area contributed by atoms with Crippen LogP contribution in [0.3, 0.4) is 0 Å². The number of aromatic nitrogens is 2. The van der Waals surface area contributed by atoms with Gasteiger partial charge in [0.15, 0.2) is 6.10 Å². The minimum atomic E-state index is -0.916. The Labute approximate surface area is 269 Å². The summed E-state index contributed by atoms with van der Waals surface area (Å²) in [7, 11) is 0. The van der Waals surface area contributed by atoms with Gasteiger partial charge in [-0.15, -0.1) is 0 Å². The van der Waals surface area contributed by atoms with E-state index >= 15 is 0 Å². The number of nitrogens with one attached hydrogen (secondary N) is 3. The first-order valence-electron chi connectivity index (χ1n) is 16.8. The van der Waals surface area contributed by atoms with E-state index in [9.17, 15) is 14.4 Å². The molecule has 12 heteroatoms. The van der Waals surface area contributed by atoms with Crippen molar-refractivity contribution in [2.24, 2.45) is 0 Å². The predicted molar refractivity (Wildman–Crippen MR) is 175 cm³/mol. The van der Waals surface area contributed by atoms with Crippen LogP contribution in [-0.2, 0) is 22.4 Å². The molecule has 244 valence electrons. The van der Waals surface area contributed by atoms with E-state index in [1.807, 2.05) is 46.2 Å². The molecule has 2 aromatic carbocycles. The molecule has 46 heavy (non-hydrogen) atoms. The van der Waals surface area contributed by atoms with Crippen LogP contribution in [0.4, 0.5) is 15.3 Å². The summed E-state index contributed by atoms with van der Waals surface area (Å²) in [5.41, 5.74) is 3.84. The minimum absolute atomic E-state index is 0.0365. The number of para-hydroxylation sites is 1. The fourth-order valence-corrected chi connectivity index (χ4v) is 7.51. The third kappa shape index (κ3) is 6.68. The summed E-state index contributed by atoms with van der Waals surface area (Å²) in [6, 6.07) is 14.3. The largest absolute Gasteiger partial charge is 0.436 e. The predicted octanol–water partition coefficient (Wildman–Crippen LogP) is 3.06. The number of hydrogen-bond acceptors (Lipinski definition) is 7. The Morgan fingerprint density at radius 3 is 2.43 bits per heavy atom. The van der Waals surface area contributed by atoms with Crippen LogP contribution in [0.5, 0.6) is 0 Å². The SMILES string of the molecule is O=C(OC(Cc1ccc2[nH]ncc2c1)C(=O)N1CCC(N2CCNCC2)CC1)N1CCC(N2CCc3ccccc3NC2=O)CC1. The highest BCUT2D eigenvalue weighted by atomic mass is 16.6. The van der Waals surface area contributed by atoms with Gasteiger partial charge < -0.3 is 30.1 Å². The Hall–Kier alpha value is -4.16. The maximum Gasteiger partial charge on any atom is 0.410 e. The highest BCUT2D eigenvalue weighted by Gasteiger charge is 2.36. The number of anilines is 1. The first-order chi connectivity index (χ1) is 22.5. The number of ether oxygens (including phenoxy) is 1. The highest BCUT2D eigenvalue weighted by Crippen LogP contribution is 2.26. The van der Waals surface area contributed by atoms with Crippen molar-refractivity contribution in [3.63, 3.8) is 0 Å². The van der Waals surface area contributed by atoms with Crippen LogP contribution in [0, 0.1) is 0 Å². The molecule has 1 atom stereocenters. The van der Waals surface area contributed by atoms with Gasteiger partial charge in [-0.1, -0.05) is 24.3 Å². The second-order valence-corrected chi connectivity index (χ2v) is 13.0. The molecule has 1 unspecified atom stereocenters. The zero-order chi connectivity index (χ0) is 31.5. The summed E-state index contributed by atoms with van der Waals surface area (Å²) in [5.74, 6) is -0.130. The van der Waals surface area contributed by atoms with E-state index in [0.29, 0.717) is 58.0 Å². The molecular weight excluding hydrogens is 584 g/mol. The lowest BCUT2D eigenvalue weighted by molar-refractivity contribution is -0.142. The zero-order valence-corrected chi connectivity index (χ0v) is 26.3. The van der Waals surface area contributed by atoms with Crippen molar-refractivity contribution in [3.05, 3.63) is 59.8 Å². The number of carbonyl (C=O) groups is 3. The monoisotopic (exact) mass is 628 g/mol. The maximum atomic E-state index is 14.0. The van der Waals surface area contributed by atoms with Crippen LogP contribution in [0.2, 0.25) is 0 Å². The molecule has 3 fully saturated rings. The van der Waals surface area contributed by atoms with Crippen molar-refractivity contribution in [2.45, 2.75) is 56.7 Å². The maximum absolute atomic E-state index is 14.0. The lowest BCUT2D eigenvalue weighted by Crippen LogP contribution is -2.54. The topological polar surface area (TPSA) is 126 Å². The van der Waals surface area contributed by atoms with Gasteiger partial charge in [-0.05, 0) is 61.4 Å². The molecule has 3 aromatic rings. The smallest absolute Gasteiger partial charge is 0.410 e. The number of fused-ring (bicyclic) bond motifs is 2. The lowest BCUT2D eigenvalue weighted by Gasteiger charge is -2.41. The molecule has 4 amide bonds. The van der Waals surface area contributed by atoms with Crippen molar-refractivity contribution >= 4 is 34.6 Å². The molecule has 0 bridgehead atoms. The van der Waals surface area contributed by atoms with E-state index in [1.54, 1.807) is 11.1 Å². The standard InChI is InChI=1S/C34H44N8O4/c43-32(40-14-8-27(9-15-40)39-19-12-35-13-20-39)31(22-24-5-6-30-26(21-24)23-36-38-30)46-34(45)41-16-10-28(11-17-41)42-18-7-25-3-1-2-4-29(25)37-33(42)44/h1-6,21,23,27-28,31,35H,7-20,22H2,(H,36,38)(H,37,44). The number of benzene rings is 2. The van der Waals surface area contributed by atoms with Gasteiger partial charge in [-0.3, -0.25) is 14.8 Å². The Morgan fingerprint density at radius 2 is 1.63 bits per heavy atom. The summed E-state index contributed by atoms with van der Waals surface area (Å²) < 4.78 is 6.07. The van der Waals surface area contributed by atoms with E-state index in [4.69, 9.17) is 4.74 Å². The van der Waals surface area contributed by atoms with Gasteiger partial charge in [0.25, 0.3) is 5.91 Å². The Kier molecular flexibility index (Phi) is 9.07. The molecule has 3 saturated heterocycles. The number of carbonyl (C=O) groups excluding carboxylic acids is 3. The van der Waals surface area contributed by atoms with E-state index in [-0.39, 0.29) is 18.0 Å². The van der Waals surface area contributed by atoms with Gasteiger partial charge in [0.1, 0.15) is 0 Å². The molecule has 12 nitrogen and oxygen atoms in total. The molecule has 0 saturated carbocycles. The van der Waals surface area contributed by atoms with Crippen LogP contribution in [0.1, 0.15) is 36.8 Å². The summed E-state index contributed by atoms with van der Waals surface area (Å²) in [5, 5.41) is 14.5. The van der Waals surface area contributed by atoms with Gasteiger partial charge in [-0.25, -0.2) is 9.59 Å². The molecule has 7 rings (SSSR count). The van der Waals surface area contributed by atoms with Crippen molar-refractivity contribution < 1.29 is 19.1 Å². The molecule has 1 aromatic heterocycles. The number of urea groups is 1. The number of rotatable bonds is 6. The quantitative estimate of drug-likeness (QED) is 0.383. The number of likely N-dealkylation sites (tertiary alicyclic amines) is 2. The van der Waals surface area contributed by atoms with Crippen LogP contribution >= 0.6 is 0 Å². The number of piperidine rings is 2. The third-order valence-corrected chi connectivity index (χ3v) is 10.2. The van der Waals surface area contributed by atoms with Crippen molar-refractivity contribution in [1.82, 2.24) is 35.1 Å². The number of nitrogens with zero attached hydrogens (tertiary/aromatic N) is 5. The van der Waals surface area contributed by atoms with Crippen LogP contribution < -0.4 is 10.6 Å². The molecule has 0 radical (unpaired) electrons. The molecule has 0 spiro atoms. The number of H-pyrrole nitrogens is 1. The van der Waals surface area contributed by atoms with Crippen molar-refractivity contribution in [1.29, 1.82) is 0 Å². The van der Waals surface area contributed by atoms with Gasteiger partial charge in [0, 0.05) is 88.5 Å². The van der Waals surface area contributed by atoms with Crippen molar-refractivity contribution in [3.8, 4) is 0 Å². The van der Waals surface area contributed by atoms with Crippen molar-refractivity contribution in [2.75, 3.05) is 64.2 Å². The Bertz CT molecular complexity index is 1540. The second-order valence-electron chi connectivity index (χ2n) is 13.0. The summed E-state index contributed by atoms with van der Waals surface area (Å²) in [4.78, 5) is 48.6. The average molecular weight is 629 g/mol. The summed E-state index contributed by atoms with van der Waals surface area (Å²) >= 11 is 0. The molecule has 4 aliphatic heterocycles. The summed E-state index contributed by atoms with van der Waals surface area (Å²) in [6.07, 6.45) is 4.64. The van der Waals surface area contributed by atoms with Crippen LogP contribution in [0.25, 0.3) is 10.9 Å². The molecular formula is C34H44N8O4. The van der Waals surface area contributed by atoms with E-state index in [2.05, 4.69) is 31.8 Å². The number of piperazine rings is 1. The van der Waals surface area contributed by atoms with Crippen LogP contribution in [-0.4, -0.2) is 125 Å². The first kappa shape index (κ1) is 30.5. The zero-order valence-electron chi connectivity index (χ0n) is 26.3. The number of hydrogen-bond donors (Lipinski definition) is 3. The molecule has 4 aliphatic rings. The third-order valence-electron chi connectivity index (χ3n) is 10.2. The average Bonchev–Trinajstić information content (AvgIpc) is 3.50. The summed E-state index contributed by atoms with van der Waals surface area (Å²) in [6.45, 7) is 7.01.